The van der Waals surface area contributed by atoms with Crippen molar-refractivity contribution in [2.45, 2.75) is 63.7 Å². The standard InChI is InChI=1S/C33H42N4O7/c38-18-4-16-35-21-30(39)34-28-20-37(33(42)22-36-15-2-1-7-31(36)40)17-14-29(28)43-23-25-5-3-6-27(19-25)44-26-11-8-24(9-12-26)10-13-32(35)41/h3,5-6,8-9,11-12,19,28-29,38H,1-2,4,7,10,13-18,20-23H2,(H,34,39)/t28-,29-/m0/s1. The van der Waals surface area contributed by atoms with Gasteiger partial charge in [-0.1, -0.05) is 24.3 Å². The molecule has 2 N–H and O–H groups in total. The summed E-state index contributed by atoms with van der Waals surface area (Å²) in [4.78, 5) is 56.9. The van der Waals surface area contributed by atoms with Crippen molar-refractivity contribution in [1.82, 2.24) is 20.0 Å². The molecule has 4 aliphatic rings. The monoisotopic (exact) mass is 606 g/mol. The number of fused-ring (bicyclic) bond motifs is 9. The van der Waals surface area contributed by atoms with E-state index < -0.39 is 6.04 Å². The molecule has 0 aromatic heterocycles. The summed E-state index contributed by atoms with van der Waals surface area (Å²) >= 11 is 0. The number of rotatable bonds is 5. The van der Waals surface area contributed by atoms with Gasteiger partial charge < -0.3 is 34.6 Å². The molecule has 11 heteroatoms. The SMILES string of the molecule is O=C1CN(CCCO)C(=O)CCc2ccc(cc2)Oc2cccc(c2)CO[C@H]2CCN(C(=O)CN3CCCCC3=O)C[C@@H]2N1. The van der Waals surface area contributed by atoms with Crippen molar-refractivity contribution in [3.05, 3.63) is 59.7 Å². The molecule has 0 aliphatic carbocycles. The van der Waals surface area contributed by atoms with Crippen molar-refractivity contribution >= 4 is 23.6 Å². The third kappa shape index (κ3) is 8.57. The summed E-state index contributed by atoms with van der Waals surface area (Å²) in [5.74, 6) is 0.663. The van der Waals surface area contributed by atoms with Gasteiger partial charge in [0.15, 0.2) is 0 Å². The molecule has 2 aromatic carbocycles. The van der Waals surface area contributed by atoms with Crippen LogP contribution in [0.3, 0.4) is 0 Å². The fourth-order valence-electron chi connectivity index (χ4n) is 5.94. The van der Waals surface area contributed by atoms with Crippen molar-refractivity contribution < 1.29 is 33.8 Å². The highest BCUT2D eigenvalue weighted by Gasteiger charge is 2.35. The van der Waals surface area contributed by atoms with E-state index in [1.54, 1.807) is 9.80 Å². The Labute approximate surface area is 258 Å². The summed E-state index contributed by atoms with van der Waals surface area (Å²) in [6, 6.07) is 14.7. The first kappa shape index (κ1) is 31.5. The van der Waals surface area contributed by atoms with Crippen molar-refractivity contribution in [2.24, 2.45) is 0 Å². The molecule has 4 heterocycles. The third-order valence-corrected chi connectivity index (χ3v) is 8.42. The van der Waals surface area contributed by atoms with Crippen LogP contribution in [0.25, 0.3) is 0 Å². The number of nitrogens with one attached hydrogen (secondary N) is 1. The average molecular weight is 607 g/mol. The van der Waals surface area contributed by atoms with Gasteiger partial charge >= 0.3 is 0 Å². The topological polar surface area (TPSA) is 129 Å². The maximum atomic E-state index is 13.4. The lowest BCUT2D eigenvalue weighted by molar-refractivity contribution is -0.145. The fraction of sp³-hybridized carbons (Fsp3) is 0.515. The molecule has 6 rings (SSSR count). The van der Waals surface area contributed by atoms with E-state index in [0.29, 0.717) is 50.3 Å². The van der Waals surface area contributed by atoms with Crippen LogP contribution in [0.5, 0.6) is 11.5 Å². The van der Waals surface area contributed by atoms with E-state index in [2.05, 4.69) is 5.32 Å². The van der Waals surface area contributed by atoms with Crippen LogP contribution in [0.1, 0.15) is 49.7 Å². The van der Waals surface area contributed by atoms with Gasteiger partial charge in [0.1, 0.15) is 11.5 Å². The number of carbonyl (C=O) groups is 4. The number of piperidine rings is 2. The molecule has 0 spiro atoms. The number of ether oxygens (including phenoxy) is 2. The molecule has 0 unspecified atom stereocenters. The Balaban J connectivity index is 1.34. The second-order valence-electron chi connectivity index (χ2n) is 11.7. The largest absolute Gasteiger partial charge is 0.457 e. The Bertz CT molecular complexity index is 1320. The lowest BCUT2D eigenvalue weighted by Crippen LogP contribution is -2.59. The van der Waals surface area contributed by atoms with Crippen LogP contribution in [-0.4, -0.2) is 101 Å². The highest BCUT2D eigenvalue weighted by atomic mass is 16.5. The van der Waals surface area contributed by atoms with Gasteiger partial charge in [0.2, 0.25) is 23.6 Å². The number of aliphatic hydroxyl groups excluding tert-OH is 1. The smallest absolute Gasteiger partial charge is 0.242 e. The van der Waals surface area contributed by atoms with E-state index in [1.165, 1.54) is 4.90 Å². The van der Waals surface area contributed by atoms with Crippen LogP contribution in [-0.2, 0) is 36.9 Å². The second-order valence-corrected chi connectivity index (χ2v) is 11.7. The average Bonchev–Trinajstić information content (AvgIpc) is 3.02. The van der Waals surface area contributed by atoms with Gasteiger partial charge in [-0.2, -0.15) is 0 Å². The zero-order chi connectivity index (χ0) is 30.9. The summed E-state index contributed by atoms with van der Waals surface area (Å²) in [6.07, 6.45) is 3.40. The first-order valence-corrected chi connectivity index (χ1v) is 15.6. The fourth-order valence-corrected chi connectivity index (χ4v) is 5.94. The van der Waals surface area contributed by atoms with Gasteiger partial charge in [0.25, 0.3) is 0 Å². The first-order chi connectivity index (χ1) is 21.4. The zero-order valence-electron chi connectivity index (χ0n) is 25.1. The Kier molecular flexibility index (Phi) is 10.8. The summed E-state index contributed by atoms with van der Waals surface area (Å²) in [5, 5.41) is 12.4. The Hall–Kier alpha value is -3.96. The summed E-state index contributed by atoms with van der Waals surface area (Å²) in [7, 11) is 0. The summed E-state index contributed by atoms with van der Waals surface area (Å²) in [5.41, 5.74) is 1.88. The van der Waals surface area contributed by atoms with Crippen molar-refractivity contribution in [2.75, 3.05) is 45.9 Å². The van der Waals surface area contributed by atoms with Crippen LogP contribution in [0, 0.1) is 0 Å². The normalized spacial score (nSPS) is 21.9. The van der Waals surface area contributed by atoms with Crippen LogP contribution < -0.4 is 10.1 Å². The molecule has 11 nitrogen and oxygen atoms in total. The van der Waals surface area contributed by atoms with Gasteiger partial charge in [-0.15, -0.1) is 0 Å². The molecule has 2 fully saturated rings. The van der Waals surface area contributed by atoms with Crippen molar-refractivity contribution in [3.63, 3.8) is 0 Å². The Morgan fingerprint density at radius 3 is 2.52 bits per heavy atom. The Morgan fingerprint density at radius 2 is 1.73 bits per heavy atom. The van der Waals surface area contributed by atoms with Crippen LogP contribution in [0.4, 0.5) is 0 Å². The second kappa shape index (κ2) is 15.2. The van der Waals surface area contributed by atoms with Gasteiger partial charge in [-0.05, 0) is 67.5 Å². The molecule has 0 radical (unpaired) electrons. The lowest BCUT2D eigenvalue weighted by atomic mass is 10.0. The number of benzene rings is 2. The van der Waals surface area contributed by atoms with Gasteiger partial charge in [-0.3, -0.25) is 19.2 Å². The molecule has 0 saturated carbocycles. The third-order valence-electron chi connectivity index (χ3n) is 8.42. The maximum Gasteiger partial charge on any atom is 0.242 e. The van der Waals surface area contributed by atoms with Crippen LogP contribution in [0.2, 0.25) is 0 Å². The minimum absolute atomic E-state index is 0.00162. The zero-order valence-corrected chi connectivity index (χ0v) is 25.1. The predicted molar refractivity (Wildman–Crippen MR) is 162 cm³/mol. The predicted octanol–water partition coefficient (Wildman–Crippen LogP) is 2.25. The summed E-state index contributed by atoms with van der Waals surface area (Å²) < 4.78 is 12.4. The number of hydrogen-bond donors (Lipinski definition) is 2. The number of hydrogen-bond acceptors (Lipinski definition) is 7. The maximum absolute atomic E-state index is 13.4. The van der Waals surface area contributed by atoms with Crippen LogP contribution in [0.15, 0.2) is 48.5 Å². The molecule has 2 aromatic rings. The number of nitrogens with zero attached hydrogens (tertiary/aromatic N) is 3. The quantitative estimate of drug-likeness (QED) is 0.534. The van der Waals surface area contributed by atoms with Crippen LogP contribution >= 0.6 is 0 Å². The van der Waals surface area contributed by atoms with Crippen molar-refractivity contribution in [3.8, 4) is 11.5 Å². The van der Waals surface area contributed by atoms with E-state index in [0.717, 1.165) is 24.0 Å². The number of amides is 4. The van der Waals surface area contributed by atoms with E-state index in [9.17, 15) is 24.3 Å². The lowest BCUT2D eigenvalue weighted by Gasteiger charge is -2.40. The number of aryl methyl sites for hydroxylation is 1. The van der Waals surface area contributed by atoms with E-state index in [-0.39, 0.29) is 75.5 Å². The molecule has 4 amide bonds. The van der Waals surface area contributed by atoms with Gasteiger partial charge in [0, 0.05) is 45.6 Å². The minimum Gasteiger partial charge on any atom is -0.457 e. The molecular weight excluding hydrogens is 564 g/mol. The minimum atomic E-state index is -0.510. The number of carbonyl (C=O) groups excluding carboxylic acids is 4. The van der Waals surface area contributed by atoms with Gasteiger partial charge in [0.05, 0.1) is 31.8 Å². The van der Waals surface area contributed by atoms with E-state index in [1.807, 2.05) is 48.5 Å². The van der Waals surface area contributed by atoms with Crippen molar-refractivity contribution in [1.29, 1.82) is 0 Å². The molecule has 2 atom stereocenters. The number of aliphatic hydroxyl groups is 1. The molecule has 4 bridgehead atoms. The molecule has 2 saturated heterocycles. The first-order valence-electron chi connectivity index (χ1n) is 15.6. The molecule has 44 heavy (non-hydrogen) atoms. The highest BCUT2D eigenvalue weighted by molar-refractivity contribution is 5.86. The van der Waals surface area contributed by atoms with E-state index in [4.69, 9.17) is 9.47 Å². The summed E-state index contributed by atoms with van der Waals surface area (Å²) in [6.45, 7) is 1.57. The molecular formula is C33H42N4O7. The number of likely N-dealkylation sites (tertiary alicyclic amines) is 2. The molecule has 4 aliphatic heterocycles. The highest BCUT2D eigenvalue weighted by Crippen LogP contribution is 2.25. The Morgan fingerprint density at radius 1 is 0.909 bits per heavy atom. The van der Waals surface area contributed by atoms with Gasteiger partial charge in [-0.25, -0.2) is 0 Å². The van der Waals surface area contributed by atoms with E-state index >= 15 is 0 Å². The molecule has 236 valence electrons.